The molecule has 11 nitrogen and oxygen atoms in total. The third-order valence-corrected chi connectivity index (χ3v) is 14.2. The summed E-state index contributed by atoms with van der Waals surface area (Å²) in [5.41, 5.74) is 1.27. The molecule has 5 rings (SSSR count). The second kappa shape index (κ2) is 13.9. The van der Waals surface area contributed by atoms with Gasteiger partial charge in [0.25, 0.3) is 5.91 Å². The topological polar surface area (TPSA) is 125 Å². The zero-order valence-electron chi connectivity index (χ0n) is 27.7. The molecule has 1 amide bonds. The predicted molar refractivity (Wildman–Crippen MR) is 176 cm³/mol. The van der Waals surface area contributed by atoms with Crippen molar-refractivity contribution < 1.29 is 33.6 Å². The molecule has 3 aromatic rings. The van der Waals surface area contributed by atoms with Crippen LogP contribution in [-0.2, 0) is 37.6 Å². The molecule has 2 aromatic carbocycles. The molecule has 0 unspecified atom stereocenters. The Morgan fingerprint density at radius 2 is 1.76 bits per heavy atom. The van der Waals surface area contributed by atoms with Crippen molar-refractivity contribution >= 4 is 30.8 Å². The number of nitrogens with zero attached hydrogens (tertiary/aromatic N) is 4. The predicted octanol–water partition coefficient (Wildman–Crippen LogP) is 3.83. The van der Waals surface area contributed by atoms with E-state index in [9.17, 15) is 14.7 Å². The first kappa shape index (κ1) is 33.6. The Labute approximate surface area is 271 Å². The van der Waals surface area contributed by atoms with Crippen LogP contribution in [0.25, 0.3) is 0 Å². The van der Waals surface area contributed by atoms with Gasteiger partial charge in [-0.3, -0.25) is 14.3 Å². The third kappa shape index (κ3) is 6.17. The minimum Gasteiger partial charge on any atom is -0.497 e. The number of benzene rings is 2. The highest BCUT2D eigenvalue weighted by Gasteiger charge is 2.66. The number of amides is 1. The summed E-state index contributed by atoms with van der Waals surface area (Å²) < 4.78 is 24.9. The number of esters is 1. The Hall–Kier alpha value is -3.74. The van der Waals surface area contributed by atoms with Crippen molar-refractivity contribution in [2.24, 2.45) is 5.92 Å². The highest BCUT2D eigenvalue weighted by Crippen LogP contribution is 2.60. The quantitative estimate of drug-likeness (QED) is 0.158. The molecule has 12 heteroatoms. The Morgan fingerprint density at radius 3 is 2.43 bits per heavy atom. The lowest BCUT2D eigenvalue weighted by atomic mass is 9.82. The molecule has 46 heavy (non-hydrogen) atoms. The normalized spacial score (nSPS) is 22.4. The Bertz CT molecular complexity index is 1530. The smallest absolute Gasteiger partial charge is 0.305 e. The summed E-state index contributed by atoms with van der Waals surface area (Å²) in [5, 5.41) is 19.1. The molecule has 248 valence electrons. The van der Waals surface area contributed by atoms with Gasteiger partial charge in [0.15, 0.2) is 5.60 Å². The second-order valence-electron chi connectivity index (χ2n) is 12.8. The molecule has 4 atom stereocenters. The van der Waals surface area contributed by atoms with Gasteiger partial charge in [-0.05, 0) is 55.1 Å². The van der Waals surface area contributed by atoms with E-state index in [1.54, 1.807) is 18.9 Å². The Balaban J connectivity index is 1.53. The summed E-state index contributed by atoms with van der Waals surface area (Å²) in [4.78, 5) is 28.4. The molecule has 1 spiro atoms. The second-order valence-corrected chi connectivity index (χ2v) is 17.5. The summed E-state index contributed by atoms with van der Waals surface area (Å²) in [6.07, 6.45) is 4.27. The van der Waals surface area contributed by atoms with Crippen molar-refractivity contribution in [2.75, 3.05) is 39.4 Å². The van der Waals surface area contributed by atoms with E-state index < -0.39 is 13.7 Å². The lowest BCUT2D eigenvalue weighted by molar-refractivity contribution is -0.146. The van der Waals surface area contributed by atoms with Crippen molar-refractivity contribution in [3.8, 4) is 11.5 Å². The van der Waals surface area contributed by atoms with Gasteiger partial charge in [0, 0.05) is 50.2 Å². The summed E-state index contributed by atoms with van der Waals surface area (Å²) in [6.45, 7) is 7.92. The standard InChI is InChI=1S/C34H46N4O7Si/c1-23-32(46(5,6)27-13-10-25(42-2)11-14-27)30(16-19-37-22-24(17-20-39)35-36-37)45-34(23)28-21-26(43-3)12-15-29(28)38(33(34)41)18-8-7-9-31(40)44-4/h10-15,21-23,30,32,39H,7-9,16-20H2,1-6H3/t23-,30+,32-,34+/m1/s1. The zero-order chi connectivity index (χ0) is 33.1. The third-order valence-electron chi connectivity index (χ3n) is 9.88. The van der Waals surface area contributed by atoms with Crippen molar-refractivity contribution in [2.45, 2.75) is 75.9 Å². The van der Waals surface area contributed by atoms with Gasteiger partial charge < -0.3 is 29.0 Å². The van der Waals surface area contributed by atoms with Crippen molar-refractivity contribution in [3.63, 3.8) is 0 Å². The number of aryl methyl sites for hydroxylation is 1. The number of unbranched alkanes of at least 4 members (excludes halogenated alkanes) is 1. The van der Waals surface area contributed by atoms with Gasteiger partial charge in [0.2, 0.25) is 0 Å². The van der Waals surface area contributed by atoms with Crippen LogP contribution in [0.4, 0.5) is 5.69 Å². The van der Waals surface area contributed by atoms with E-state index in [4.69, 9.17) is 18.9 Å². The maximum absolute atomic E-state index is 14.8. The summed E-state index contributed by atoms with van der Waals surface area (Å²) in [7, 11) is 2.38. The van der Waals surface area contributed by atoms with Gasteiger partial charge in [0.05, 0.1) is 46.9 Å². The lowest BCUT2D eigenvalue weighted by Crippen LogP contribution is -2.52. The average molecular weight is 651 g/mol. The maximum Gasteiger partial charge on any atom is 0.305 e. The van der Waals surface area contributed by atoms with Crippen LogP contribution in [0.2, 0.25) is 18.6 Å². The van der Waals surface area contributed by atoms with Crippen LogP contribution in [0.5, 0.6) is 11.5 Å². The number of hydrogen-bond acceptors (Lipinski definition) is 9. The van der Waals surface area contributed by atoms with E-state index >= 15 is 0 Å². The molecule has 1 fully saturated rings. The van der Waals surface area contributed by atoms with E-state index in [0.717, 1.165) is 22.7 Å². The number of aliphatic hydroxyl groups is 1. The number of fused-ring (bicyclic) bond motifs is 2. The van der Waals surface area contributed by atoms with Crippen LogP contribution in [0.3, 0.4) is 0 Å². The lowest BCUT2D eigenvalue weighted by Gasteiger charge is -2.37. The Kier molecular flexibility index (Phi) is 10.2. The molecule has 0 radical (unpaired) electrons. The molecule has 0 saturated carbocycles. The van der Waals surface area contributed by atoms with Gasteiger partial charge in [-0.25, -0.2) is 0 Å². The molecule has 1 N–H and O–H groups in total. The Morgan fingerprint density at radius 1 is 1.04 bits per heavy atom. The SMILES string of the molecule is COC(=O)CCCCN1C(=O)[C@@]2(O[C@@H](CCn3cc(CCO)nn3)[C@H]([Si](C)(C)c3ccc(OC)cc3)[C@H]2C)c2cc(OC)ccc21. The fraction of sp³-hybridized carbons (Fsp3) is 0.529. The number of ether oxygens (including phenoxy) is 4. The largest absolute Gasteiger partial charge is 0.497 e. The van der Waals surface area contributed by atoms with Gasteiger partial charge in [-0.15, -0.1) is 5.10 Å². The number of anilines is 1. The van der Waals surface area contributed by atoms with E-state index in [1.807, 2.05) is 41.4 Å². The van der Waals surface area contributed by atoms with Crippen LogP contribution < -0.4 is 19.6 Å². The first-order valence-corrected chi connectivity index (χ1v) is 19.1. The summed E-state index contributed by atoms with van der Waals surface area (Å²) in [6, 6.07) is 14.1. The molecular weight excluding hydrogens is 604 g/mol. The monoisotopic (exact) mass is 650 g/mol. The van der Waals surface area contributed by atoms with Crippen molar-refractivity contribution in [1.29, 1.82) is 0 Å². The fourth-order valence-electron chi connectivity index (χ4n) is 7.49. The van der Waals surface area contributed by atoms with Crippen molar-refractivity contribution in [1.82, 2.24) is 15.0 Å². The fourth-order valence-corrected chi connectivity index (χ4v) is 11.5. The van der Waals surface area contributed by atoms with Gasteiger partial charge in [-0.1, -0.05) is 42.6 Å². The van der Waals surface area contributed by atoms with E-state index in [2.05, 4.69) is 42.5 Å². The number of carbonyl (C=O) groups excluding carboxylic acids is 2. The highest BCUT2D eigenvalue weighted by molar-refractivity contribution is 6.91. The first-order chi connectivity index (χ1) is 22.1. The molecular formula is C34H46N4O7Si. The maximum atomic E-state index is 14.8. The van der Waals surface area contributed by atoms with Gasteiger partial charge >= 0.3 is 5.97 Å². The van der Waals surface area contributed by atoms with Crippen LogP contribution in [0.15, 0.2) is 48.7 Å². The average Bonchev–Trinajstić information content (AvgIpc) is 3.71. The van der Waals surface area contributed by atoms with Crippen LogP contribution in [0, 0.1) is 5.92 Å². The number of hydrogen-bond donors (Lipinski definition) is 1. The number of aliphatic hydroxyl groups excluding tert-OH is 1. The molecule has 0 bridgehead atoms. The van der Waals surface area contributed by atoms with E-state index in [1.165, 1.54) is 12.3 Å². The molecule has 2 aliphatic rings. The molecule has 0 aliphatic carbocycles. The zero-order valence-corrected chi connectivity index (χ0v) is 28.7. The van der Waals surface area contributed by atoms with Crippen molar-refractivity contribution in [3.05, 3.63) is 59.9 Å². The highest BCUT2D eigenvalue weighted by atomic mass is 28.3. The summed E-state index contributed by atoms with van der Waals surface area (Å²) >= 11 is 0. The summed E-state index contributed by atoms with van der Waals surface area (Å²) in [5.74, 6) is 0.992. The van der Waals surface area contributed by atoms with Gasteiger partial charge in [-0.2, -0.15) is 0 Å². The number of rotatable bonds is 14. The minimum atomic E-state index is -2.30. The molecule has 1 saturated heterocycles. The number of aromatic nitrogens is 3. The number of carbonyl (C=O) groups is 2. The van der Waals surface area contributed by atoms with Crippen LogP contribution >= 0.6 is 0 Å². The first-order valence-electron chi connectivity index (χ1n) is 16.0. The van der Waals surface area contributed by atoms with Gasteiger partial charge in [0.1, 0.15) is 11.5 Å². The van der Waals surface area contributed by atoms with E-state index in [-0.39, 0.29) is 36.0 Å². The molecule has 1 aromatic heterocycles. The van der Waals surface area contributed by atoms with E-state index in [0.29, 0.717) is 50.9 Å². The van der Waals surface area contributed by atoms with Crippen LogP contribution in [0.1, 0.15) is 43.9 Å². The minimum absolute atomic E-state index is 0.0123. The molecule has 2 aliphatic heterocycles. The number of methoxy groups -OCH3 is 3. The molecule has 3 heterocycles. The van der Waals surface area contributed by atoms with Crippen LogP contribution in [-0.4, -0.2) is 80.6 Å².